The normalized spacial score (nSPS) is 31.9. The molecule has 104 valence electrons. The summed E-state index contributed by atoms with van der Waals surface area (Å²) in [6.07, 6.45) is 1.48. The van der Waals surface area contributed by atoms with Crippen LogP contribution in [0, 0.1) is 5.92 Å². The van der Waals surface area contributed by atoms with Crippen LogP contribution in [-0.2, 0) is 9.47 Å². The summed E-state index contributed by atoms with van der Waals surface area (Å²) in [4.78, 5) is 0. The Balaban J connectivity index is 1.65. The van der Waals surface area contributed by atoms with Gasteiger partial charge in [-0.2, -0.15) is 0 Å². The van der Waals surface area contributed by atoms with Crippen molar-refractivity contribution < 1.29 is 9.47 Å². The molecule has 1 aromatic rings. The van der Waals surface area contributed by atoms with Crippen LogP contribution < -0.4 is 5.32 Å². The zero-order valence-corrected chi connectivity index (χ0v) is 11.5. The smallest absolute Gasteiger partial charge is 0.0965 e. The lowest BCUT2D eigenvalue weighted by Gasteiger charge is -2.31. The predicted octanol–water partition coefficient (Wildman–Crippen LogP) is 2.18. The minimum Gasteiger partial charge on any atom is -0.376 e. The van der Waals surface area contributed by atoms with Crippen LogP contribution in [0.2, 0.25) is 0 Å². The minimum absolute atomic E-state index is 0.215. The highest BCUT2D eigenvalue weighted by Crippen LogP contribution is 2.50. The summed E-state index contributed by atoms with van der Waals surface area (Å²) in [5.74, 6) is 1.38. The topological polar surface area (TPSA) is 30.5 Å². The zero-order valence-electron chi connectivity index (χ0n) is 11.5. The van der Waals surface area contributed by atoms with Gasteiger partial charge in [0, 0.05) is 6.04 Å². The number of nitrogens with one attached hydrogen (secondary N) is 1. The fraction of sp³-hybridized carbons (Fsp3) is 0.625. The Bertz CT molecular complexity index is 389. The molecule has 1 N–H and O–H groups in total. The van der Waals surface area contributed by atoms with Crippen LogP contribution in [0.1, 0.15) is 24.8 Å². The molecule has 1 heterocycles. The monoisotopic (exact) mass is 261 g/mol. The lowest BCUT2D eigenvalue weighted by Crippen LogP contribution is -2.48. The van der Waals surface area contributed by atoms with Crippen molar-refractivity contribution in [2.75, 3.05) is 26.4 Å². The highest BCUT2D eigenvalue weighted by molar-refractivity contribution is 5.27. The van der Waals surface area contributed by atoms with Gasteiger partial charge in [0.2, 0.25) is 0 Å². The van der Waals surface area contributed by atoms with E-state index in [0.29, 0.717) is 17.9 Å². The molecule has 3 rings (SSSR count). The van der Waals surface area contributed by atoms with Crippen LogP contribution in [0.15, 0.2) is 30.3 Å². The zero-order chi connectivity index (χ0) is 13.1. The van der Waals surface area contributed by atoms with E-state index in [-0.39, 0.29) is 6.10 Å². The summed E-state index contributed by atoms with van der Waals surface area (Å²) in [6, 6.07) is 11.3. The molecule has 2 aliphatic rings. The largest absolute Gasteiger partial charge is 0.376 e. The van der Waals surface area contributed by atoms with Crippen LogP contribution in [0.4, 0.5) is 0 Å². The first-order chi connectivity index (χ1) is 9.40. The maximum absolute atomic E-state index is 5.89. The van der Waals surface area contributed by atoms with Gasteiger partial charge in [-0.3, -0.25) is 0 Å². The fourth-order valence-electron chi connectivity index (χ4n) is 3.20. The van der Waals surface area contributed by atoms with E-state index in [1.165, 1.54) is 12.0 Å². The average Bonchev–Trinajstić information content (AvgIpc) is 3.27. The highest BCUT2D eigenvalue weighted by atomic mass is 16.6. The minimum atomic E-state index is 0.215. The number of hydrogen-bond donors (Lipinski definition) is 1. The van der Waals surface area contributed by atoms with Crippen molar-refractivity contribution in [3.63, 3.8) is 0 Å². The van der Waals surface area contributed by atoms with Crippen LogP contribution in [0.5, 0.6) is 0 Å². The number of hydrogen-bond acceptors (Lipinski definition) is 3. The van der Waals surface area contributed by atoms with Crippen LogP contribution in [0.25, 0.3) is 0 Å². The molecule has 0 aromatic heterocycles. The average molecular weight is 261 g/mol. The summed E-state index contributed by atoms with van der Waals surface area (Å²) in [7, 11) is 0. The van der Waals surface area contributed by atoms with Crippen molar-refractivity contribution in [2.24, 2.45) is 5.92 Å². The van der Waals surface area contributed by atoms with E-state index >= 15 is 0 Å². The quantitative estimate of drug-likeness (QED) is 0.881. The maximum atomic E-state index is 5.89. The molecule has 0 radical (unpaired) electrons. The molecular formula is C16H23NO2. The molecule has 1 saturated carbocycles. The number of likely N-dealkylation sites (N-methyl/N-ethyl adjacent to an activating group) is 1. The van der Waals surface area contributed by atoms with Gasteiger partial charge >= 0.3 is 0 Å². The van der Waals surface area contributed by atoms with Crippen LogP contribution in [-0.4, -0.2) is 38.5 Å². The van der Waals surface area contributed by atoms with E-state index in [9.17, 15) is 0 Å². The second-order valence-electron chi connectivity index (χ2n) is 5.48. The molecule has 2 fully saturated rings. The lowest BCUT2D eigenvalue weighted by atomic mass is 10.0. The number of benzene rings is 1. The van der Waals surface area contributed by atoms with E-state index in [1.54, 1.807) is 0 Å². The predicted molar refractivity (Wildman–Crippen MR) is 75.3 cm³/mol. The number of rotatable bonds is 5. The third-order valence-corrected chi connectivity index (χ3v) is 4.21. The molecule has 1 aliphatic heterocycles. The molecule has 0 bridgehead atoms. The van der Waals surface area contributed by atoms with Gasteiger partial charge in [-0.05, 0) is 30.4 Å². The Morgan fingerprint density at radius 3 is 2.79 bits per heavy atom. The SMILES string of the molecule is CCNC(C1COCCO1)C1CC1c1ccccc1. The van der Waals surface area contributed by atoms with E-state index in [0.717, 1.165) is 26.4 Å². The van der Waals surface area contributed by atoms with Crippen molar-refractivity contribution in [2.45, 2.75) is 31.4 Å². The van der Waals surface area contributed by atoms with E-state index in [2.05, 4.69) is 42.6 Å². The van der Waals surface area contributed by atoms with Gasteiger partial charge in [0.1, 0.15) is 0 Å². The molecule has 3 heteroatoms. The van der Waals surface area contributed by atoms with Gasteiger partial charge in [-0.25, -0.2) is 0 Å². The van der Waals surface area contributed by atoms with Crippen molar-refractivity contribution in [3.8, 4) is 0 Å². The Labute approximate surface area is 115 Å². The fourth-order valence-corrected chi connectivity index (χ4v) is 3.20. The first-order valence-electron chi connectivity index (χ1n) is 7.38. The van der Waals surface area contributed by atoms with Crippen LogP contribution in [0.3, 0.4) is 0 Å². The summed E-state index contributed by atoms with van der Waals surface area (Å²) in [5.41, 5.74) is 1.46. The van der Waals surface area contributed by atoms with Crippen LogP contribution >= 0.6 is 0 Å². The Morgan fingerprint density at radius 1 is 1.26 bits per heavy atom. The molecule has 0 spiro atoms. The lowest BCUT2D eigenvalue weighted by molar-refractivity contribution is -0.104. The Hall–Kier alpha value is -0.900. The van der Waals surface area contributed by atoms with Crippen molar-refractivity contribution in [1.82, 2.24) is 5.32 Å². The molecular weight excluding hydrogens is 238 g/mol. The third-order valence-electron chi connectivity index (χ3n) is 4.21. The van der Waals surface area contributed by atoms with Gasteiger partial charge in [0.15, 0.2) is 0 Å². The second kappa shape index (κ2) is 6.04. The molecule has 0 amide bonds. The molecule has 19 heavy (non-hydrogen) atoms. The van der Waals surface area contributed by atoms with Gasteiger partial charge in [0.25, 0.3) is 0 Å². The third kappa shape index (κ3) is 2.99. The summed E-state index contributed by atoms with van der Waals surface area (Å²) >= 11 is 0. The standard InChI is InChI=1S/C16H23NO2/c1-2-17-16(15-11-18-8-9-19-15)14-10-13(14)12-6-4-3-5-7-12/h3-7,13-17H,2,8-11H2,1H3. The molecule has 4 atom stereocenters. The van der Waals surface area contributed by atoms with Gasteiger partial charge in [-0.1, -0.05) is 37.3 Å². The summed E-state index contributed by atoms with van der Waals surface area (Å²) in [6.45, 7) is 5.35. The van der Waals surface area contributed by atoms with E-state index < -0.39 is 0 Å². The molecule has 1 saturated heterocycles. The summed E-state index contributed by atoms with van der Waals surface area (Å²) in [5, 5.41) is 3.61. The maximum Gasteiger partial charge on any atom is 0.0965 e. The second-order valence-corrected chi connectivity index (χ2v) is 5.48. The molecule has 1 aromatic carbocycles. The molecule has 4 unspecified atom stereocenters. The summed E-state index contributed by atoms with van der Waals surface area (Å²) < 4.78 is 11.5. The van der Waals surface area contributed by atoms with Gasteiger partial charge in [-0.15, -0.1) is 0 Å². The molecule has 1 aliphatic carbocycles. The first-order valence-corrected chi connectivity index (χ1v) is 7.38. The Kier molecular flexibility index (Phi) is 4.16. The highest BCUT2D eigenvalue weighted by Gasteiger charge is 2.46. The van der Waals surface area contributed by atoms with Gasteiger partial charge < -0.3 is 14.8 Å². The number of ether oxygens (including phenoxy) is 2. The van der Waals surface area contributed by atoms with Gasteiger partial charge in [0.05, 0.1) is 25.9 Å². The first kappa shape index (κ1) is 13.1. The van der Waals surface area contributed by atoms with Crippen molar-refractivity contribution >= 4 is 0 Å². The molecule has 3 nitrogen and oxygen atoms in total. The van der Waals surface area contributed by atoms with Crippen molar-refractivity contribution in [3.05, 3.63) is 35.9 Å². The Morgan fingerprint density at radius 2 is 2.11 bits per heavy atom. The van der Waals surface area contributed by atoms with Crippen molar-refractivity contribution in [1.29, 1.82) is 0 Å². The van der Waals surface area contributed by atoms with E-state index in [1.807, 2.05) is 0 Å². The van der Waals surface area contributed by atoms with E-state index in [4.69, 9.17) is 9.47 Å².